The highest BCUT2D eigenvalue weighted by Crippen LogP contribution is 2.38. The minimum Gasteiger partial charge on any atom is -0.493 e. The third-order valence-corrected chi connectivity index (χ3v) is 4.94. The molecule has 1 amide bonds. The Morgan fingerprint density at radius 2 is 1.90 bits per heavy atom. The van der Waals surface area contributed by atoms with Gasteiger partial charge in [0.15, 0.2) is 23.0 Å². The van der Waals surface area contributed by atoms with Crippen molar-refractivity contribution in [2.45, 2.75) is 33.2 Å². The van der Waals surface area contributed by atoms with Crippen molar-refractivity contribution in [3.05, 3.63) is 46.5 Å². The number of amides is 1. The van der Waals surface area contributed by atoms with Gasteiger partial charge in [-0.25, -0.2) is 0 Å². The fourth-order valence-electron chi connectivity index (χ4n) is 3.16. The van der Waals surface area contributed by atoms with E-state index in [9.17, 15) is 4.79 Å². The van der Waals surface area contributed by atoms with Gasteiger partial charge in [0.25, 0.3) is 0 Å². The van der Waals surface area contributed by atoms with E-state index >= 15 is 0 Å². The number of carbonyl (C=O) groups is 1. The maximum absolute atomic E-state index is 12.6. The highest BCUT2D eigenvalue weighted by molar-refractivity contribution is 6.32. The summed E-state index contributed by atoms with van der Waals surface area (Å²) >= 11 is 6.26. The van der Waals surface area contributed by atoms with Crippen molar-refractivity contribution >= 4 is 17.5 Å². The Morgan fingerprint density at radius 3 is 2.63 bits per heavy atom. The van der Waals surface area contributed by atoms with E-state index in [4.69, 9.17) is 30.5 Å². The monoisotopic (exact) mass is 433 g/mol. The summed E-state index contributed by atoms with van der Waals surface area (Å²) in [6, 6.07) is 9.04. The Morgan fingerprint density at radius 1 is 1.13 bits per heavy atom. The van der Waals surface area contributed by atoms with Crippen molar-refractivity contribution in [2.75, 3.05) is 26.9 Å². The van der Waals surface area contributed by atoms with Gasteiger partial charge in [0.05, 0.1) is 31.2 Å². The SMILES string of the molecule is COc1cc(C(C)NC(=O)Cc2cc(Cl)c3c(c2)OCCO3)ccc1OCC(C)C. The summed E-state index contributed by atoms with van der Waals surface area (Å²) in [6.45, 7) is 7.66. The lowest BCUT2D eigenvalue weighted by Gasteiger charge is -2.20. The van der Waals surface area contributed by atoms with E-state index in [0.29, 0.717) is 53.8 Å². The molecule has 2 aromatic rings. The van der Waals surface area contributed by atoms with Crippen molar-refractivity contribution in [3.8, 4) is 23.0 Å². The molecule has 0 radical (unpaired) electrons. The first-order chi connectivity index (χ1) is 14.4. The molecule has 6 nitrogen and oxygen atoms in total. The van der Waals surface area contributed by atoms with Gasteiger partial charge in [0.2, 0.25) is 5.91 Å². The molecule has 0 fully saturated rings. The van der Waals surface area contributed by atoms with Gasteiger partial charge in [0, 0.05) is 0 Å². The molecule has 1 heterocycles. The number of benzene rings is 2. The van der Waals surface area contributed by atoms with Crippen LogP contribution in [-0.2, 0) is 11.2 Å². The van der Waals surface area contributed by atoms with Gasteiger partial charge in [0.1, 0.15) is 13.2 Å². The summed E-state index contributed by atoms with van der Waals surface area (Å²) in [5, 5.41) is 3.46. The van der Waals surface area contributed by atoms with Crippen LogP contribution < -0.4 is 24.3 Å². The number of rotatable bonds is 8. The molecule has 7 heteroatoms. The summed E-state index contributed by atoms with van der Waals surface area (Å²) in [7, 11) is 1.61. The van der Waals surface area contributed by atoms with Crippen LogP contribution in [0.15, 0.2) is 30.3 Å². The van der Waals surface area contributed by atoms with Crippen molar-refractivity contribution in [1.29, 1.82) is 0 Å². The molecule has 162 valence electrons. The number of ether oxygens (including phenoxy) is 4. The predicted molar refractivity (Wildman–Crippen MR) is 116 cm³/mol. The minimum atomic E-state index is -0.196. The second kappa shape index (κ2) is 9.94. The number of halogens is 1. The van der Waals surface area contributed by atoms with Crippen molar-refractivity contribution in [3.63, 3.8) is 0 Å². The number of carbonyl (C=O) groups excluding carboxylic acids is 1. The number of fused-ring (bicyclic) bond motifs is 1. The van der Waals surface area contributed by atoms with Gasteiger partial charge in [-0.3, -0.25) is 4.79 Å². The average molecular weight is 434 g/mol. The smallest absolute Gasteiger partial charge is 0.224 e. The summed E-state index contributed by atoms with van der Waals surface area (Å²) in [6.07, 6.45) is 0.188. The maximum Gasteiger partial charge on any atom is 0.224 e. The van der Waals surface area contributed by atoms with Gasteiger partial charge >= 0.3 is 0 Å². The van der Waals surface area contributed by atoms with Crippen LogP contribution >= 0.6 is 11.6 Å². The molecule has 0 aromatic heterocycles. The van der Waals surface area contributed by atoms with E-state index in [-0.39, 0.29) is 18.4 Å². The molecule has 1 aliphatic heterocycles. The quantitative estimate of drug-likeness (QED) is 0.660. The highest BCUT2D eigenvalue weighted by atomic mass is 35.5. The summed E-state index contributed by atoms with van der Waals surface area (Å²) in [4.78, 5) is 12.6. The normalized spacial score (nSPS) is 13.7. The molecular formula is C23H28ClNO5. The minimum absolute atomic E-state index is 0.116. The van der Waals surface area contributed by atoms with Crippen LogP contribution in [0.25, 0.3) is 0 Å². The molecule has 0 spiro atoms. The van der Waals surface area contributed by atoms with Crippen molar-refractivity contribution in [1.82, 2.24) is 5.32 Å². The first-order valence-corrected chi connectivity index (χ1v) is 10.4. The number of hydrogen-bond acceptors (Lipinski definition) is 5. The highest BCUT2D eigenvalue weighted by Gasteiger charge is 2.19. The van der Waals surface area contributed by atoms with Gasteiger partial charge in [-0.2, -0.15) is 0 Å². The summed E-state index contributed by atoms with van der Waals surface area (Å²) < 4.78 is 22.4. The lowest BCUT2D eigenvalue weighted by Crippen LogP contribution is -2.28. The van der Waals surface area contributed by atoms with Gasteiger partial charge < -0.3 is 24.3 Å². The van der Waals surface area contributed by atoms with Crippen LogP contribution in [0.4, 0.5) is 0 Å². The van der Waals surface area contributed by atoms with E-state index in [2.05, 4.69) is 19.2 Å². The zero-order valence-electron chi connectivity index (χ0n) is 17.8. The molecule has 0 bridgehead atoms. The van der Waals surface area contributed by atoms with E-state index in [1.54, 1.807) is 19.2 Å². The van der Waals surface area contributed by atoms with E-state index in [1.165, 1.54) is 0 Å². The van der Waals surface area contributed by atoms with Crippen molar-refractivity contribution < 1.29 is 23.7 Å². The molecular weight excluding hydrogens is 406 g/mol. The second-order valence-electron chi connectivity index (χ2n) is 7.68. The van der Waals surface area contributed by atoms with E-state index < -0.39 is 0 Å². The maximum atomic E-state index is 12.6. The van der Waals surface area contributed by atoms with Crippen LogP contribution in [0.1, 0.15) is 37.9 Å². The standard InChI is InChI=1S/C23H28ClNO5/c1-14(2)13-30-19-6-5-17(12-20(19)27-4)15(3)25-22(26)11-16-9-18(24)23-21(10-16)28-7-8-29-23/h5-6,9-10,12,14-15H,7-8,11,13H2,1-4H3,(H,25,26). The first-order valence-electron chi connectivity index (χ1n) is 10.1. The van der Waals surface area contributed by atoms with Crippen LogP contribution in [-0.4, -0.2) is 32.8 Å². The number of methoxy groups -OCH3 is 1. The van der Waals surface area contributed by atoms with Crippen LogP contribution in [0.5, 0.6) is 23.0 Å². The van der Waals surface area contributed by atoms with E-state index in [0.717, 1.165) is 11.1 Å². The van der Waals surface area contributed by atoms with Crippen LogP contribution in [0.3, 0.4) is 0 Å². The third kappa shape index (κ3) is 5.51. The fourth-order valence-corrected chi connectivity index (χ4v) is 3.44. The van der Waals surface area contributed by atoms with Gasteiger partial charge in [-0.15, -0.1) is 0 Å². The molecule has 1 unspecified atom stereocenters. The Balaban J connectivity index is 1.65. The van der Waals surface area contributed by atoms with Gasteiger partial charge in [-0.05, 0) is 48.2 Å². The number of nitrogens with one attached hydrogen (secondary N) is 1. The van der Waals surface area contributed by atoms with Crippen LogP contribution in [0.2, 0.25) is 5.02 Å². The van der Waals surface area contributed by atoms with Crippen molar-refractivity contribution in [2.24, 2.45) is 5.92 Å². The third-order valence-electron chi connectivity index (χ3n) is 4.66. The lowest BCUT2D eigenvalue weighted by atomic mass is 10.1. The average Bonchev–Trinajstić information content (AvgIpc) is 2.71. The lowest BCUT2D eigenvalue weighted by molar-refractivity contribution is -0.121. The summed E-state index contributed by atoms with van der Waals surface area (Å²) in [5.74, 6) is 2.75. The Labute approximate surface area is 182 Å². The predicted octanol–water partition coefficient (Wildman–Crippen LogP) is 4.57. The Hall–Kier alpha value is -2.60. The molecule has 1 N–H and O–H groups in total. The molecule has 0 saturated carbocycles. The second-order valence-corrected chi connectivity index (χ2v) is 8.09. The zero-order valence-corrected chi connectivity index (χ0v) is 18.5. The van der Waals surface area contributed by atoms with Gasteiger partial charge in [-0.1, -0.05) is 31.5 Å². The molecule has 0 saturated heterocycles. The Kier molecular flexibility index (Phi) is 7.32. The molecule has 30 heavy (non-hydrogen) atoms. The molecule has 0 aliphatic carbocycles. The molecule has 2 aromatic carbocycles. The fraction of sp³-hybridized carbons (Fsp3) is 0.435. The topological polar surface area (TPSA) is 66.0 Å². The Bertz CT molecular complexity index is 899. The molecule has 3 rings (SSSR count). The molecule has 1 aliphatic rings. The number of hydrogen-bond donors (Lipinski definition) is 1. The molecule has 1 atom stereocenters. The van der Waals surface area contributed by atoms with E-state index in [1.807, 2.05) is 25.1 Å². The zero-order chi connectivity index (χ0) is 21.7. The summed E-state index contributed by atoms with van der Waals surface area (Å²) in [5.41, 5.74) is 1.70. The van der Waals surface area contributed by atoms with Crippen LogP contribution in [0, 0.1) is 5.92 Å². The largest absolute Gasteiger partial charge is 0.493 e. The first kappa shape index (κ1) is 22.1.